The summed E-state index contributed by atoms with van der Waals surface area (Å²) < 4.78 is 6.00. The van der Waals surface area contributed by atoms with Crippen LogP contribution >= 0.6 is 11.3 Å². The molecule has 289 valence electrons. The number of fused-ring (bicyclic) bond motifs is 3. The number of aliphatic hydroxyl groups is 1. The second kappa shape index (κ2) is 17.5. The average molecular weight is 921 g/mol. The van der Waals surface area contributed by atoms with Gasteiger partial charge in [0, 0.05) is 53.5 Å². The van der Waals surface area contributed by atoms with Crippen molar-refractivity contribution in [3.05, 3.63) is 101 Å². The van der Waals surface area contributed by atoms with E-state index in [1.165, 1.54) is 38.9 Å². The fraction of sp³-hybridized carbons (Fsp3) is 0.417. The molecular weight excluding hydrogens is 863 g/mol. The zero-order valence-corrected chi connectivity index (χ0v) is 37.3. The molecule has 0 amide bonds. The van der Waals surface area contributed by atoms with Crippen LogP contribution in [0.4, 0.5) is 0 Å². The third-order valence-electron chi connectivity index (χ3n) is 11.5. The van der Waals surface area contributed by atoms with Crippen molar-refractivity contribution in [1.29, 1.82) is 0 Å². The van der Waals surface area contributed by atoms with Crippen molar-refractivity contribution < 1.29 is 34.4 Å². The van der Waals surface area contributed by atoms with E-state index in [9.17, 15) is 9.90 Å². The Kier molecular flexibility index (Phi) is 14.0. The van der Waals surface area contributed by atoms with Crippen LogP contribution < -0.4 is 0 Å². The van der Waals surface area contributed by atoms with E-state index in [1.54, 1.807) is 11.3 Å². The van der Waals surface area contributed by atoms with Gasteiger partial charge < -0.3 is 9.52 Å². The number of allylic oxidation sites excluding steroid dienone is 2. The number of carbonyl (C=O) groups excluding carboxylic acids is 1. The minimum atomic E-state index is -0.337. The van der Waals surface area contributed by atoms with E-state index in [0.29, 0.717) is 5.92 Å². The molecule has 0 unspecified atom stereocenters. The third-order valence-corrected chi connectivity index (χ3v) is 12.3. The maximum atomic E-state index is 12.2. The van der Waals surface area contributed by atoms with Gasteiger partial charge in [0.15, 0.2) is 5.78 Å². The molecule has 6 heteroatoms. The summed E-state index contributed by atoms with van der Waals surface area (Å²) in [5, 5.41) is 17.0. The molecule has 3 heterocycles. The van der Waals surface area contributed by atoms with Crippen LogP contribution in [0, 0.1) is 22.8 Å². The molecule has 0 aliphatic heterocycles. The average Bonchev–Trinajstić information content (AvgIpc) is 3.79. The third kappa shape index (κ3) is 9.10. The van der Waals surface area contributed by atoms with Crippen molar-refractivity contribution in [1.82, 2.24) is 4.98 Å². The zero-order valence-electron chi connectivity index (χ0n) is 34.1. The van der Waals surface area contributed by atoms with Gasteiger partial charge in [-0.25, -0.2) is 0 Å². The topological polar surface area (TPSA) is 63.3 Å². The van der Waals surface area contributed by atoms with Crippen molar-refractivity contribution in [3.8, 4) is 22.4 Å². The van der Waals surface area contributed by atoms with Crippen LogP contribution in [0.15, 0.2) is 88.6 Å². The molecule has 3 aromatic heterocycles. The minimum Gasteiger partial charge on any atom is -0.512 e. The maximum Gasteiger partial charge on any atom is 0.164 e. The maximum absolute atomic E-state index is 12.2. The number of benzene rings is 3. The molecule has 0 bridgehead atoms. The Hall–Kier alpha value is -3.57. The van der Waals surface area contributed by atoms with E-state index in [0.717, 1.165) is 64.7 Å². The Morgan fingerprint density at radius 1 is 0.870 bits per heavy atom. The molecule has 6 aromatic rings. The first kappa shape index (κ1) is 43.2. The van der Waals surface area contributed by atoms with Crippen LogP contribution in [0.25, 0.3) is 54.3 Å². The summed E-state index contributed by atoms with van der Waals surface area (Å²) >= 11 is 1.68. The Bertz CT molecular complexity index is 2240. The molecule has 0 saturated carbocycles. The second-order valence-electron chi connectivity index (χ2n) is 16.6. The summed E-state index contributed by atoms with van der Waals surface area (Å²) in [6, 6.07) is 25.5. The summed E-state index contributed by atoms with van der Waals surface area (Å²) in [7, 11) is 0. The largest absolute Gasteiger partial charge is 0.512 e. The Labute approximate surface area is 340 Å². The van der Waals surface area contributed by atoms with Gasteiger partial charge in [0.1, 0.15) is 16.2 Å². The summed E-state index contributed by atoms with van der Waals surface area (Å²) in [6.07, 6.45) is 7.70. The number of thiophene rings is 1. The van der Waals surface area contributed by atoms with Crippen LogP contribution in [0.1, 0.15) is 113 Å². The van der Waals surface area contributed by atoms with Crippen LogP contribution in [0.2, 0.25) is 0 Å². The van der Waals surface area contributed by atoms with E-state index in [-0.39, 0.29) is 47.9 Å². The predicted molar refractivity (Wildman–Crippen MR) is 227 cm³/mol. The summed E-state index contributed by atoms with van der Waals surface area (Å²) in [5.41, 5.74) is 7.27. The fourth-order valence-electron chi connectivity index (χ4n) is 6.85. The Morgan fingerprint density at radius 2 is 1.54 bits per heavy atom. The predicted octanol–water partition coefficient (Wildman–Crippen LogP) is 14.5. The summed E-state index contributed by atoms with van der Waals surface area (Å²) in [6.45, 7) is 23.4. The van der Waals surface area contributed by atoms with Crippen molar-refractivity contribution in [2.24, 2.45) is 16.7 Å². The van der Waals surface area contributed by atoms with Crippen molar-refractivity contribution in [3.63, 3.8) is 0 Å². The summed E-state index contributed by atoms with van der Waals surface area (Å²) in [4.78, 5) is 18.3. The Morgan fingerprint density at radius 3 is 2.17 bits per heavy atom. The quantitative estimate of drug-likeness (QED) is 0.0799. The van der Waals surface area contributed by atoms with Gasteiger partial charge >= 0.3 is 0 Å². The van der Waals surface area contributed by atoms with Gasteiger partial charge in [0.2, 0.25) is 0 Å². The smallest absolute Gasteiger partial charge is 0.164 e. The number of ketones is 1. The summed E-state index contributed by atoms with van der Waals surface area (Å²) in [5.74, 6) is 0.878. The molecular formula is C48H58IrNO3S-. The molecule has 0 spiro atoms. The second-order valence-corrected chi connectivity index (χ2v) is 17.5. The molecule has 6 rings (SSSR count). The van der Waals surface area contributed by atoms with Gasteiger partial charge in [0.05, 0.1) is 6.26 Å². The molecule has 0 atom stereocenters. The standard InChI is InChI=1S/C33H30NOS.C15H28O2.Ir/c1-20(2)14-24-19-35-31-17-22(10-11-26(24)31)28-18-30(34-32-27(28)12-13-36-32)23-15-21-8-6-7-9-25(21)29(16-23)33(3,4)5;1-7-14(5,8-2)12(16)11-13(17)15(6,9-3)10-4;/h6-13,16-20H,14H2,1-5H3;11,16H,7-10H2,1-6H3;/q-1;;/b;12-11-;. The molecule has 3 aromatic carbocycles. The molecule has 0 saturated heterocycles. The van der Waals surface area contributed by atoms with Gasteiger partial charge in [-0.1, -0.05) is 124 Å². The van der Waals surface area contributed by atoms with Crippen molar-refractivity contribution >= 4 is 49.1 Å². The van der Waals surface area contributed by atoms with Gasteiger partial charge in [-0.15, -0.1) is 40.5 Å². The number of nitrogens with zero attached hydrogens (tertiary/aromatic N) is 1. The number of hydrogen-bond acceptors (Lipinski definition) is 5. The number of hydrogen-bond donors (Lipinski definition) is 1. The van der Waals surface area contributed by atoms with Gasteiger partial charge in [-0.05, 0) is 77.6 Å². The van der Waals surface area contributed by atoms with Gasteiger partial charge in [-0.3, -0.25) is 9.78 Å². The van der Waals surface area contributed by atoms with Gasteiger partial charge in [0.25, 0.3) is 0 Å². The molecule has 54 heavy (non-hydrogen) atoms. The molecule has 1 N–H and O–H groups in total. The van der Waals surface area contributed by atoms with Crippen molar-refractivity contribution in [2.45, 2.75) is 114 Å². The van der Waals surface area contributed by atoms with E-state index in [1.807, 2.05) is 47.8 Å². The number of aliphatic hydroxyl groups excluding tert-OH is 1. The molecule has 4 nitrogen and oxygen atoms in total. The fourth-order valence-corrected chi connectivity index (χ4v) is 7.64. The first-order valence-electron chi connectivity index (χ1n) is 19.4. The zero-order chi connectivity index (χ0) is 38.7. The van der Waals surface area contributed by atoms with E-state index < -0.39 is 0 Å². The van der Waals surface area contributed by atoms with Gasteiger partial charge in [-0.2, -0.15) is 0 Å². The van der Waals surface area contributed by atoms with E-state index in [2.05, 4.69) is 107 Å². The van der Waals surface area contributed by atoms with Crippen LogP contribution in [-0.4, -0.2) is 15.9 Å². The van der Waals surface area contributed by atoms with Crippen LogP contribution in [0.5, 0.6) is 0 Å². The normalized spacial score (nSPS) is 12.6. The molecule has 0 aliphatic rings. The number of aromatic nitrogens is 1. The molecule has 0 fully saturated rings. The number of pyridine rings is 1. The SMILES string of the molecule is CC(C)Cc1coc2cc(-c3cc(-c4[c-]c5ccccc5c(C(C)(C)C)c4)nc4sccc34)ccc12.CCC(C)(CC)C(=O)/C=C(\O)C(C)(CC)CC.[Ir]. The number of rotatable bonds is 11. The first-order chi connectivity index (χ1) is 25.1. The van der Waals surface area contributed by atoms with Crippen LogP contribution in [0.3, 0.4) is 0 Å². The Balaban J connectivity index is 0.000000309. The first-order valence-corrected chi connectivity index (χ1v) is 20.3. The van der Waals surface area contributed by atoms with Crippen molar-refractivity contribution in [2.75, 3.05) is 0 Å². The number of furan rings is 1. The van der Waals surface area contributed by atoms with E-state index in [4.69, 9.17) is 9.40 Å². The minimum absolute atomic E-state index is 0. The monoisotopic (exact) mass is 921 g/mol. The van der Waals surface area contributed by atoms with Crippen LogP contribution in [-0.2, 0) is 36.7 Å². The van der Waals surface area contributed by atoms with E-state index >= 15 is 0 Å². The number of carbonyl (C=O) groups is 1. The molecule has 1 radical (unpaired) electrons. The molecule has 0 aliphatic carbocycles.